The topological polar surface area (TPSA) is 67.0 Å². The van der Waals surface area contributed by atoms with E-state index in [9.17, 15) is 9.59 Å². The molecule has 7 heteroatoms. The van der Waals surface area contributed by atoms with E-state index in [0.717, 1.165) is 28.6 Å². The van der Waals surface area contributed by atoms with Crippen LogP contribution in [-0.2, 0) is 4.79 Å². The molecule has 2 N–H and O–H groups in total. The van der Waals surface area contributed by atoms with Crippen molar-refractivity contribution in [1.29, 1.82) is 0 Å². The Morgan fingerprint density at radius 2 is 1.70 bits per heavy atom. The first-order chi connectivity index (χ1) is 14.7. The van der Waals surface area contributed by atoms with Crippen molar-refractivity contribution in [2.24, 2.45) is 0 Å². The SMILES string of the molecule is O=C(C[NH+]1CCN(C(=O)c2ccco2)CC1)Nc1ccccc1Sc1ccccc1. The van der Waals surface area contributed by atoms with Crippen molar-refractivity contribution in [3.63, 3.8) is 0 Å². The molecule has 1 aliphatic rings. The molecule has 1 fully saturated rings. The minimum atomic E-state index is -0.0876. The van der Waals surface area contributed by atoms with E-state index >= 15 is 0 Å². The number of nitrogens with one attached hydrogen (secondary N) is 2. The number of hydrogen-bond acceptors (Lipinski definition) is 4. The molecule has 0 saturated carbocycles. The van der Waals surface area contributed by atoms with Crippen LogP contribution >= 0.6 is 11.8 Å². The van der Waals surface area contributed by atoms with Gasteiger partial charge in [0.25, 0.3) is 11.8 Å². The maximum atomic E-state index is 12.7. The number of nitrogens with zero attached hydrogens (tertiary/aromatic N) is 1. The molecule has 1 aliphatic heterocycles. The number of carbonyl (C=O) groups excluding carboxylic acids is 2. The molecule has 0 radical (unpaired) electrons. The molecule has 4 rings (SSSR count). The molecule has 30 heavy (non-hydrogen) atoms. The van der Waals surface area contributed by atoms with Crippen LogP contribution in [0.3, 0.4) is 0 Å². The molecule has 0 bridgehead atoms. The molecule has 154 valence electrons. The van der Waals surface area contributed by atoms with Gasteiger partial charge in [-0.25, -0.2) is 0 Å². The Kier molecular flexibility index (Phi) is 6.51. The lowest BCUT2D eigenvalue weighted by molar-refractivity contribution is -0.895. The third-order valence-corrected chi connectivity index (χ3v) is 6.12. The molecule has 0 atom stereocenters. The Labute approximate surface area is 179 Å². The van der Waals surface area contributed by atoms with E-state index in [0.29, 0.717) is 25.4 Å². The summed E-state index contributed by atoms with van der Waals surface area (Å²) in [6.45, 7) is 3.08. The van der Waals surface area contributed by atoms with Gasteiger partial charge in [0.05, 0.1) is 38.1 Å². The number of amides is 2. The standard InChI is InChI=1S/C23H23N3O3S/c27-22(17-25-12-14-26(15-13-25)23(28)20-10-6-16-29-20)24-19-9-4-5-11-21(19)30-18-7-2-1-3-8-18/h1-11,16H,12-15,17H2,(H,24,27)/p+1. The summed E-state index contributed by atoms with van der Waals surface area (Å²) in [6.07, 6.45) is 1.51. The lowest BCUT2D eigenvalue weighted by Gasteiger charge is -2.31. The Balaban J connectivity index is 1.30. The molecule has 1 saturated heterocycles. The molecule has 0 spiro atoms. The quantitative estimate of drug-likeness (QED) is 0.640. The number of benzene rings is 2. The molecular formula is C23H24N3O3S+. The van der Waals surface area contributed by atoms with E-state index in [-0.39, 0.29) is 11.8 Å². The molecule has 2 amide bonds. The summed E-state index contributed by atoms with van der Waals surface area (Å²) >= 11 is 1.63. The lowest BCUT2D eigenvalue weighted by Crippen LogP contribution is -3.15. The first-order valence-corrected chi connectivity index (χ1v) is 10.8. The van der Waals surface area contributed by atoms with E-state index in [4.69, 9.17) is 4.42 Å². The minimum Gasteiger partial charge on any atom is -0.459 e. The second kappa shape index (κ2) is 9.65. The van der Waals surface area contributed by atoms with E-state index in [2.05, 4.69) is 17.4 Å². The molecule has 2 heterocycles. The van der Waals surface area contributed by atoms with Crippen molar-refractivity contribution in [3.8, 4) is 0 Å². The van der Waals surface area contributed by atoms with Crippen molar-refractivity contribution in [1.82, 2.24) is 4.90 Å². The number of hydrogen-bond donors (Lipinski definition) is 2. The number of piperazine rings is 1. The van der Waals surface area contributed by atoms with E-state index < -0.39 is 0 Å². The highest BCUT2D eigenvalue weighted by molar-refractivity contribution is 7.99. The van der Waals surface area contributed by atoms with Crippen LogP contribution in [-0.4, -0.2) is 49.4 Å². The normalized spacial score (nSPS) is 14.5. The van der Waals surface area contributed by atoms with Crippen LogP contribution in [0.5, 0.6) is 0 Å². The zero-order valence-corrected chi connectivity index (χ0v) is 17.4. The van der Waals surface area contributed by atoms with E-state index in [1.807, 2.05) is 42.5 Å². The molecular weight excluding hydrogens is 398 g/mol. The Hall–Kier alpha value is -3.03. The summed E-state index contributed by atoms with van der Waals surface area (Å²) in [6, 6.07) is 21.3. The van der Waals surface area contributed by atoms with Gasteiger partial charge in [0.15, 0.2) is 12.3 Å². The van der Waals surface area contributed by atoms with Crippen LogP contribution in [0.1, 0.15) is 10.6 Å². The summed E-state index contributed by atoms with van der Waals surface area (Å²) in [7, 11) is 0. The van der Waals surface area contributed by atoms with Gasteiger partial charge < -0.3 is 19.5 Å². The van der Waals surface area contributed by atoms with Crippen LogP contribution in [0, 0.1) is 0 Å². The summed E-state index contributed by atoms with van der Waals surface area (Å²) < 4.78 is 5.20. The Bertz CT molecular complexity index is 984. The summed E-state index contributed by atoms with van der Waals surface area (Å²) in [5.74, 6) is 0.260. The van der Waals surface area contributed by atoms with Gasteiger partial charge in [0, 0.05) is 9.79 Å². The molecule has 2 aromatic carbocycles. The Morgan fingerprint density at radius 3 is 2.43 bits per heavy atom. The predicted octanol–water partition coefficient (Wildman–Crippen LogP) is 2.41. The van der Waals surface area contributed by atoms with E-state index in [1.165, 1.54) is 11.2 Å². The van der Waals surface area contributed by atoms with Gasteiger partial charge >= 0.3 is 0 Å². The first kappa shape index (κ1) is 20.3. The summed E-state index contributed by atoms with van der Waals surface area (Å²) in [5.41, 5.74) is 0.822. The number of carbonyl (C=O) groups is 2. The third kappa shape index (κ3) is 5.11. The second-order valence-electron chi connectivity index (χ2n) is 7.16. The average molecular weight is 423 g/mol. The highest BCUT2D eigenvalue weighted by Crippen LogP contribution is 2.33. The number of rotatable bonds is 6. The minimum absolute atomic E-state index is 0.0167. The maximum absolute atomic E-state index is 12.7. The largest absolute Gasteiger partial charge is 0.459 e. The van der Waals surface area contributed by atoms with Gasteiger partial charge in [-0.15, -0.1) is 0 Å². The highest BCUT2D eigenvalue weighted by Gasteiger charge is 2.27. The fourth-order valence-electron chi connectivity index (χ4n) is 3.45. The van der Waals surface area contributed by atoms with Crippen LogP contribution < -0.4 is 10.2 Å². The fraction of sp³-hybridized carbons (Fsp3) is 0.217. The lowest BCUT2D eigenvalue weighted by atomic mass is 10.2. The number of anilines is 1. The zero-order chi connectivity index (χ0) is 20.8. The maximum Gasteiger partial charge on any atom is 0.289 e. The van der Waals surface area contributed by atoms with Crippen LogP contribution in [0.15, 0.2) is 87.2 Å². The smallest absolute Gasteiger partial charge is 0.289 e. The van der Waals surface area contributed by atoms with Crippen LogP contribution in [0.4, 0.5) is 5.69 Å². The van der Waals surface area contributed by atoms with Crippen molar-refractivity contribution in [2.75, 3.05) is 38.0 Å². The van der Waals surface area contributed by atoms with Crippen LogP contribution in [0.2, 0.25) is 0 Å². The fourth-order valence-corrected chi connectivity index (χ4v) is 4.38. The van der Waals surface area contributed by atoms with Crippen LogP contribution in [0.25, 0.3) is 0 Å². The van der Waals surface area contributed by atoms with Gasteiger partial charge in [-0.3, -0.25) is 9.59 Å². The highest BCUT2D eigenvalue weighted by atomic mass is 32.2. The number of quaternary nitrogens is 1. The molecule has 6 nitrogen and oxygen atoms in total. The zero-order valence-electron chi connectivity index (χ0n) is 16.5. The number of furan rings is 1. The second-order valence-corrected chi connectivity index (χ2v) is 8.27. The molecule has 0 aliphatic carbocycles. The van der Waals surface area contributed by atoms with Gasteiger partial charge in [-0.1, -0.05) is 42.1 Å². The van der Waals surface area contributed by atoms with Gasteiger partial charge in [0.1, 0.15) is 0 Å². The van der Waals surface area contributed by atoms with Gasteiger partial charge in [-0.05, 0) is 36.4 Å². The first-order valence-electron chi connectivity index (χ1n) is 9.97. The van der Waals surface area contributed by atoms with Crippen molar-refractivity contribution in [3.05, 3.63) is 78.8 Å². The Morgan fingerprint density at radius 1 is 0.967 bits per heavy atom. The van der Waals surface area contributed by atoms with E-state index in [1.54, 1.807) is 28.8 Å². The van der Waals surface area contributed by atoms with Crippen molar-refractivity contribution in [2.45, 2.75) is 9.79 Å². The van der Waals surface area contributed by atoms with Gasteiger partial charge in [-0.2, -0.15) is 0 Å². The predicted molar refractivity (Wildman–Crippen MR) is 116 cm³/mol. The average Bonchev–Trinajstić information content (AvgIpc) is 3.31. The summed E-state index contributed by atoms with van der Waals surface area (Å²) in [4.78, 5) is 30.1. The third-order valence-electron chi connectivity index (χ3n) is 5.03. The van der Waals surface area contributed by atoms with Gasteiger partial charge in [0.2, 0.25) is 0 Å². The van der Waals surface area contributed by atoms with Crippen molar-refractivity contribution < 1.29 is 18.9 Å². The molecule has 3 aromatic rings. The molecule has 1 aromatic heterocycles. The monoisotopic (exact) mass is 422 g/mol. The van der Waals surface area contributed by atoms with Crippen molar-refractivity contribution >= 4 is 29.3 Å². The number of para-hydroxylation sites is 1. The summed E-state index contributed by atoms with van der Waals surface area (Å²) in [5, 5.41) is 3.06. The molecule has 0 unspecified atom stereocenters.